The molecule has 0 aromatic carbocycles. The third kappa shape index (κ3) is 2.73. The zero-order valence-electron chi connectivity index (χ0n) is 10.1. The van der Waals surface area contributed by atoms with Crippen molar-refractivity contribution in [2.75, 3.05) is 13.1 Å². The van der Waals surface area contributed by atoms with Gasteiger partial charge in [0.15, 0.2) is 0 Å². The molecular formula is C12H23NO. The zero-order chi connectivity index (χ0) is 10.9. The maximum absolute atomic E-state index is 11.3. The first-order valence-electron chi connectivity index (χ1n) is 5.56. The van der Waals surface area contributed by atoms with E-state index >= 15 is 0 Å². The smallest absolute Gasteiger partial charge is 0.219 e. The van der Waals surface area contributed by atoms with E-state index in [0.717, 1.165) is 13.1 Å². The molecular weight excluding hydrogens is 174 g/mol. The summed E-state index contributed by atoms with van der Waals surface area (Å²) in [7, 11) is 0. The summed E-state index contributed by atoms with van der Waals surface area (Å²) in [6.07, 6.45) is 1.26. The lowest BCUT2D eigenvalue weighted by Crippen LogP contribution is -2.45. The van der Waals surface area contributed by atoms with E-state index in [0.29, 0.717) is 17.3 Å². The molecule has 1 rings (SSSR count). The molecule has 2 unspecified atom stereocenters. The molecule has 0 saturated carbocycles. The number of nitrogens with zero attached hydrogens (tertiary/aromatic N) is 1. The van der Waals surface area contributed by atoms with Gasteiger partial charge < -0.3 is 4.90 Å². The SMILES string of the molecule is CC(=O)N1CC(C)CC(C(C)(C)C)C1. The van der Waals surface area contributed by atoms with E-state index in [9.17, 15) is 4.79 Å². The van der Waals surface area contributed by atoms with Crippen LogP contribution in [0, 0.1) is 17.3 Å². The first-order chi connectivity index (χ1) is 6.30. The van der Waals surface area contributed by atoms with Gasteiger partial charge in [0.1, 0.15) is 0 Å². The van der Waals surface area contributed by atoms with Crippen LogP contribution in [0.2, 0.25) is 0 Å². The molecule has 1 aliphatic rings. The van der Waals surface area contributed by atoms with Crippen molar-refractivity contribution in [3.05, 3.63) is 0 Å². The monoisotopic (exact) mass is 197 g/mol. The number of carbonyl (C=O) groups is 1. The summed E-state index contributed by atoms with van der Waals surface area (Å²) in [5.41, 5.74) is 0.322. The van der Waals surface area contributed by atoms with E-state index in [1.807, 2.05) is 4.90 Å². The lowest BCUT2D eigenvalue weighted by Gasteiger charge is -2.42. The molecule has 0 aromatic rings. The number of likely N-dealkylation sites (tertiary alicyclic amines) is 1. The molecule has 1 amide bonds. The quantitative estimate of drug-likeness (QED) is 0.584. The summed E-state index contributed by atoms with van der Waals surface area (Å²) in [5, 5.41) is 0. The Balaban J connectivity index is 2.68. The van der Waals surface area contributed by atoms with E-state index < -0.39 is 0 Å². The minimum Gasteiger partial charge on any atom is -0.342 e. The van der Waals surface area contributed by atoms with E-state index in [2.05, 4.69) is 27.7 Å². The Hall–Kier alpha value is -0.530. The molecule has 0 aliphatic carbocycles. The molecule has 0 bridgehead atoms. The highest BCUT2D eigenvalue weighted by molar-refractivity contribution is 5.73. The molecule has 14 heavy (non-hydrogen) atoms. The van der Waals surface area contributed by atoms with Crippen molar-refractivity contribution in [2.45, 2.75) is 41.0 Å². The van der Waals surface area contributed by atoms with Crippen molar-refractivity contribution in [3.8, 4) is 0 Å². The van der Waals surface area contributed by atoms with Gasteiger partial charge in [-0.15, -0.1) is 0 Å². The molecule has 0 N–H and O–H groups in total. The maximum atomic E-state index is 11.3. The zero-order valence-corrected chi connectivity index (χ0v) is 10.1. The van der Waals surface area contributed by atoms with Crippen molar-refractivity contribution >= 4 is 5.91 Å². The topological polar surface area (TPSA) is 20.3 Å². The Morgan fingerprint density at radius 1 is 1.29 bits per heavy atom. The lowest BCUT2D eigenvalue weighted by atomic mass is 9.74. The second-order valence-corrected chi connectivity index (χ2v) is 5.83. The van der Waals surface area contributed by atoms with Crippen LogP contribution in [0.3, 0.4) is 0 Å². The van der Waals surface area contributed by atoms with Crippen LogP contribution in [-0.2, 0) is 4.79 Å². The number of hydrogen-bond acceptors (Lipinski definition) is 1. The third-order valence-corrected chi connectivity index (χ3v) is 3.33. The molecule has 0 radical (unpaired) electrons. The number of amides is 1. The van der Waals surface area contributed by atoms with Crippen LogP contribution in [0.5, 0.6) is 0 Å². The second-order valence-electron chi connectivity index (χ2n) is 5.83. The average molecular weight is 197 g/mol. The van der Waals surface area contributed by atoms with Crippen LogP contribution < -0.4 is 0 Å². The summed E-state index contributed by atoms with van der Waals surface area (Å²) in [6, 6.07) is 0. The molecule has 0 aromatic heterocycles. The van der Waals surface area contributed by atoms with Gasteiger partial charge in [-0.1, -0.05) is 27.7 Å². The minimum atomic E-state index is 0.228. The molecule has 1 fully saturated rings. The molecule has 82 valence electrons. The van der Waals surface area contributed by atoms with Gasteiger partial charge in [-0.3, -0.25) is 4.79 Å². The fourth-order valence-electron chi connectivity index (χ4n) is 2.24. The summed E-state index contributed by atoms with van der Waals surface area (Å²) in [5.74, 6) is 1.53. The van der Waals surface area contributed by atoms with E-state index in [1.165, 1.54) is 6.42 Å². The van der Waals surface area contributed by atoms with Gasteiger partial charge in [-0.25, -0.2) is 0 Å². The Kier molecular flexibility index (Phi) is 3.23. The van der Waals surface area contributed by atoms with Gasteiger partial charge in [0.05, 0.1) is 0 Å². The van der Waals surface area contributed by atoms with Crippen LogP contribution >= 0.6 is 0 Å². The Morgan fingerprint density at radius 2 is 1.86 bits per heavy atom. The molecule has 2 atom stereocenters. The predicted molar refractivity (Wildman–Crippen MR) is 59.0 cm³/mol. The molecule has 2 heteroatoms. The highest BCUT2D eigenvalue weighted by atomic mass is 16.2. The van der Waals surface area contributed by atoms with Gasteiger partial charge in [-0.2, -0.15) is 0 Å². The maximum Gasteiger partial charge on any atom is 0.219 e. The molecule has 2 nitrogen and oxygen atoms in total. The summed E-state index contributed by atoms with van der Waals surface area (Å²) < 4.78 is 0. The molecule has 1 heterocycles. The fraction of sp³-hybridized carbons (Fsp3) is 0.917. The largest absolute Gasteiger partial charge is 0.342 e. The second kappa shape index (κ2) is 3.92. The predicted octanol–water partition coefficient (Wildman–Crippen LogP) is 2.54. The van der Waals surface area contributed by atoms with Gasteiger partial charge in [0, 0.05) is 20.0 Å². The number of rotatable bonds is 0. The van der Waals surface area contributed by atoms with Gasteiger partial charge in [0.2, 0.25) is 5.91 Å². The first-order valence-corrected chi connectivity index (χ1v) is 5.56. The normalized spacial score (nSPS) is 29.1. The number of hydrogen-bond donors (Lipinski definition) is 0. The van der Waals surface area contributed by atoms with Crippen molar-refractivity contribution in [3.63, 3.8) is 0 Å². The van der Waals surface area contributed by atoms with E-state index in [4.69, 9.17) is 0 Å². The van der Waals surface area contributed by atoms with Gasteiger partial charge >= 0.3 is 0 Å². The van der Waals surface area contributed by atoms with Crippen molar-refractivity contribution in [1.29, 1.82) is 0 Å². The van der Waals surface area contributed by atoms with Gasteiger partial charge in [-0.05, 0) is 23.7 Å². The lowest BCUT2D eigenvalue weighted by molar-refractivity contribution is -0.132. The summed E-state index contributed by atoms with van der Waals surface area (Å²) in [4.78, 5) is 13.3. The molecule has 0 spiro atoms. The Bertz CT molecular complexity index is 217. The van der Waals surface area contributed by atoms with Crippen molar-refractivity contribution in [1.82, 2.24) is 4.90 Å². The van der Waals surface area contributed by atoms with Gasteiger partial charge in [0.25, 0.3) is 0 Å². The van der Waals surface area contributed by atoms with Crippen LogP contribution in [0.15, 0.2) is 0 Å². The highest BCUT2D eigenvalue weighted by Gasteiger charge is 2.33. The number of piperidine rings is 1. The highest BCUT2D eigenvalue weighted by Crippen LogP contribution is 2.35. The van der Waals surface area contributed by atoms with E-state index in [1.54, 1.807) is 6.92 Å². The average Bonchev–Trinajstić information content (AvgIpc) is 2.01. The molecule has 1 saturated heterocycles. The Morgan fingerprint density at radius 3 is 2.29 bits per heavy atom. The van der Waals surface area contributed by atoms with Crippen molar-refractivity contribution < 1.29 is 4.79 Å². The number of carbonyl (C=O) groups excluding carboxylic acids is 1. The van der Waals surface area contributed by atoms with Crippen LogP contribution in [0.1, 0.15) is 41.0 Å². The summed E-state index contributed by atoms with van der Waals surface area (Å²) in [6.45, 7) is 12.6. The summed E-state index contributed by atoms with van der Waals surface area (Å²) >= 11 is 0. The fourth-order valence-corrected chi connectivity index (χ4v) is 2.24. The van der Waals surface area contributed by atoms with Crippen LogP contribution in [0.4, 0.5) is 0 Å². The minimum absolute atomic E-state index is 0.228. The Labute approximate surface area is 87.7 Å². The van der Waals surface area contributed by atoms with E-state index in [-0.39, 0.29) is 5.91 Å². The van der Waals surface area contributed by atoms with Crippen LogP contribution in [-0.4, -0.2) is 23.9 Å². The standard InChI is InChI=1S/C12H23NO/c1-9-6-11(12(3,4)5)8-13(7-9)10(2)14/h9,11H,6-8H2,1-5H3. The van der Waals surface area contributed by atoms with Crippen molar-refractivity contribution in [2.24, 2.45) is 17.3 Å². The first kappa shape index (κ1) is 11.5. The van der Waals surface area contributed by atoms with Crippen LogP contribution in [0.25, 0.3) is 0 Å². The molecule has 1 aliphatic heterocycles. The third-order valence-electron chi connectivity index (χ3n) is 3.33.